The first-order valence-electron chi connectivity index (χ1n) is 7.74. The molecule has 24 heavy (non-hydrogen) atoms. The maximum atomic E-state index is 12.5. The summed E-state index contributed by atoms with van der Waals surface area (Å²) in [7, 11) is 3.39. The van der Waals surface area contributed by atoms with Crippen LogP contribution >= 0.6 is 24.0 Å². The highest BCUT2D eigenvalue weighted by Gasteiger charge is 2.54. The number of halogens is 2. The Bertz CT molecular complexity index is 606. The van der Waals surface area contributed by atoms with Crippen molar-refractivity contribution in [3.8, 4) is 0 Å². The molecule has 2 aliphatic heterocycles. The van der Waals surface area contributed by atoms with Crippen LogP contribution in [0.1, 0.15) is 36.0 Å². The van der Waals surface area contributed by atoms with Crippen molar-refractivity contribution in [3.05, 3.63) is 34.9 Å². The second-order valence-corrected chi connectivity index (χ2v) is 6.78. The molecule has 0 saturated carbocycles. The van der Waals surface area contributed by atoms with E-state index in [0.717, 1.165) is 12.8 Å². The Morgan fingerprint density at radius 2 is 1.71 bits per heavy atom. The Labute approximate surface area is 152 Å². The van der Waals surface area contributed by atoms with Gasteiger partial charge >= 0.3 is 11.9 Å². The minimum absolute atomic E-state index is 0. The summed E-state index contributed by atoms with van der Waals surface area (Å²) in [6.45, 7) is 0. The van der Waals surface area contributed by atoms with E-state index in [0.29, 0.717) is 23.4 Å². The van der Waals surface area contributed by atoms with E-state index in [1.807, 2.05) is 0 Å². The Morgan fingerprint density at radius 1 is 1.17 bits per heavy atom. The second kappa shape index (κ2) is 7.30. The predicted octanol–water partition coefficient (Wildman–Crippen LogP) is 3.09. The fraction of sp³-hybridized carbons (Fsp3) is 0.529. The number of carbonyl (C=O) groups excluding carboxylic acids is 2. The van der Waals surface area contributed by atoms with Crippen LogP contribution in [-0.4, -0.2) is 48.7 Å². The summed E-state index contributed by atoms with van der Waals surface area (Å²) in [5.74, 6) is -0.985. The molecule has 2 fully saturated rings. The third kappa shape index (κ3) is 3.39. The molecule has 3 rings (SSSR count). The van der Waals surface area contributed by atoms with E-state index in [-0.39, 0.29) is 24.5 Å². The quantitative estimate of drug-likeness (QED) is 0.761. The minimum Gasteiger partial charge on any atom is -0.466 e. The fourth-order valence-corrected chi connectivity index (χ4v) is 3.85. The highest BCUT2D eigenvalue weighted by molar-refractivity contribution is 6.30. The molecule has 0 amide bonds. The molecular weight excluding hydrogens is 353 g/mol. The molecule has 5 nitrogen and oxygen atoms in total. The first-order valence-corrected chi connectivity index (χ1v) is 8.12. The van der Waals surface area contributed by atoms with Crippen molar-refractivity contribution in [1.29, 1.82) is 0 Å². The SMILES string of the molecule is COC(=O)C1(OC(=O)c2ccc(Cl)cc2)CC2CCC(C1)N2C.Cl. The van der Waals surface area contributed by atoms with E-state index < -0.39 is 17.5 Å². The number of esters is 2. The molecule has 0 N–H and O–H groups in total. The van der Waals surface area contributed by atoms with Gasteiger partial charge in [-0.1, -0.05) is 11.6 Å². The number of hydrogen-bond acceptors (Lipinski definition) is 5. The van der Waals surface area contributed by atoms with Crippen LogP contribution in [0.15, 0.2) is 24.3 Å². The van der Waals surface area contributed by atoms with Gasteiger partial charge in [0.2, 0.25) is 5.60 Å². The van der Waals surface area contributed by atoms with Crippen molar-refractivity contribution >= 4 is 35.9 Å². The topological polar surface area (TPSA) is 55.8 Å². The molecule has 1 aromatic rings. The first-order chi connectivity index (χ1) is 10.9. The highest BCUT2D eigenvalue weighted by Crippen LogP contribution is 2.42. The van der Waals surface area contributed by atoms with E-state index in [1.54, 1.807) is 24.3 Å². The molecule has 0 aromatic heterocycles. The van der Waals surface area contributed by atoms with Gasteiger partial charge < -0.3 is 14.4 Å². The monoisotopic (exact) mass is 373 g/mol. The smallest absolute Gasteiger partial charge is 0.350 e. The van der Waals surface area contributed by atoms with Crippen LogP contribution in [0.4, 0.5) is 0 Å². The van der Waals surface area contributed by atoms with Crippen LogP contribution in [0, 0.1) is 0 Å². The van der Waals surface area contributed by atoms with E-state index in [4.69, 9.17) is 21.1 Å². The summed E-state index contributed by atoms with van der Waals surface area (Å²) in [6.07, 6.45) is 2.98. The van der Waals surface area contributed by atoms with Gasteiger partial charge in [-0.15, -0.1) is 12.4 Å². The number of piperidine rings is 1. The van der Waals surface area contributed by atoms with Gasteiger partial charge in [0.1, 0.15) is 0 Å². The molecule has 2 atom stereocenters. The standard InChI is InChI=1S/C17H20ClNO4.ClH/c1-19-13-7-8-14(19)10-17(9-13,16(21)22-2)23-15(20)11-3-5-12(18)6-4-11;/h3-6,13-14H,7-10H2,1-2H3;1H. The number of nitrogens with zero attached hydrogens (tertiary/aromatic N) is 1. The summed E-state index contributed by atoms with van der Waals surface area (Å²) in [5.41, 5.74) is -0.812. The lowest BCUT2D eigenvalue weighted by Gasteiger charge is -2.42. The van der Waals surface area contributed by atoms with Crippen molar-refractivity contribution in [2.45, 2.75) is 43.4 Å². The molecule has 2 unspecified atom stereocenters. The van der Waals surface area contributed by atoms with Gasteiger partial charge in [0.15, 0.2) is 0 Å². The average Bonchev–Trinajstić information content (AvgIpc) is 2.76. The Hall–Kier alpha value is -1.30. The summed E-state index contributed by atoms with van der Waals surface area (Å²) < 4.78 is 10.7. The Morgan fingerprint density at radius 3 is 2.21 bits per heavy atom. The molecule has 2 aliphatic rings. The number of hydrogen-bond donors (Lipinski definition) is 0. The summed E-state index contributed by atoms with van der Waals surface area (Å²) >= 11 is 5.84. The molecule has 2 bridgehead atoms. The zero-order valence-electron chi connectivity index (χ0n) is 13.7. The van der Waals surface area contributed by atoms with Gasteiger partial charge in [-0.3, -0.25) is 0 Å². The lowest BCUT2D eigenvalue weighted by atomic mass is 9.86. The molecular formula is C17H21Cl2NO4. The van der Waals surface area contributed by atoms with Gasteiger partial charge in [0.05, 0.1) is 12.7 Å². The van der Waals surface area contributed by atoms with Crippen LogP contribution in [0.2, 0.25) is 5.02 Å². The number of rotatable bonds is 3. The van der Waals surface area contributed by atoms with E-state index >= 15 is 0 Å². The third-order valence-corrected chi connectivity index (χ3v) is 5.29. The van der Waals surface area contributed by atoms with Crippen LogP contribution in [0.25, 0.3) is 0 Å². The van der Waals surface area contributed by atoms with Gasteiger partial charge in [-0.05, 0) is 44.2 Å². The summed E-state index contributed by atoms with van der Waals surface area (Å²) in [5, 5.41) is 0.543. The average molecular weight is 374 g/mol. The third-order valence-electron chi connectivity index (χ3n) is 5.04. The molecule has 0 aliphatic carbocycles. The zero-order valence-corrected chi connectivity index (χ0v) is 15.2. The van der Waals surface area contributed by atoms with Crippen LogP contribution in [0.3, 0.4) is 0 Å². The van der Waals surface area contributed by atoms with E-state index in [1.165, 1.54) is 7.11 Å². The summed E-state index contributed by atoms with van der Waals surface area (Å²) in [4.78, 5) is 27.1. The van der Waals surface area contributed by atoms with Gasteiger partial charge in [-0.2, -0.15) is 0 Å². The maximum absolute atomic E-state index is 12.5. The Balaban J connectivity index is 0.00000208. The predicted molar refractivity (Wildman–Crippen MR) is 92.7 cm³/mol. The fourth-order valence-electron chi connectivity index (χ4n) is 3.73. The van der Waals surface area contributed by atoms with E-state index in [2.05, 4.69) is 11.9 Å². The lowest BCUT2D eigenvalue weighted by molar-refractivity contribution is -0.171. The first kappa shape index (κ1) is 19.0. The maximum Gasteiger partial charge on any atom is 0.350 e. The normalized spacial score (nSPS) is 28.8. The molecule has 132 valence electrons. The largest absolute Gasteiger partial charge is 0.466 e. The van der Waals surface area contributed by atoms with Crippen molar-refractivity contribution in [1.82, 2.24) is 4.90 Å². The second-order valence-electron chi connectivity index (χ2n) is 6.34. The molecule has 7 heteroatoms. The van der Waals surface area contributed by atoms with Gasteiger partial charge in [0, 0.05) is 29.9 Å². The molecule has 0 spiro atoms. The van der Waals surface area contributed by atoms with Crippen LogP contribution < -0.4 is 0 Å². The van der Waals surface area contributed by atoms with Crippen molar-refractivity contribution in [2.24, 2.45) is 0 Å². The lowest BCUT2D eigenvalue weighted by Crippen LogP contribution is -2.56. The van der Waals surface area contributed by atoms with Crippen molar-refractivity contribution in [3.63, 3.8) is 0 Å². The molecule has 2 saturated heterocycles. The Kier molecular flexibility index (Phi) is 5.78. The highest BCUT2D eigenvalue weighted by atomic mass is 35.5. The molecule has 1 aromatic carbocycles. The van der Waals surface area contributed by atoms with Crippen LogP contribution in [-0.2, 0) is 14.3 Å². The minimum atomic E-state index is -1.19. The number of carbonyl (C=O) groups is 2. The van der Waals surface area contributed by atoms with Crippen molar-refractivity contribution < 1.29 is 19.1 Å². The van der Waals surface area contributed by atoms with Gasteiger partial charge in [0.25, 0.3) is 0 Å². The molecule has 2 heterocycles. The number of methoxy groups -OCH3 is 1. The zero-order chi connectivity index (χ0) is 16.6. The van der Waals surface area contributed by atoms with E-state index in [9.17, 15) is 9.59 Å². The number of fused-ring (bicyclic) bond motifs is 2. The van der Waals surface area contributed by atoms with Crippen LogP contribution in [0.5, 0.6) is 0 Å². The van der Waals surface area contributed by atoms with Gasteiger partial charge in [-0.25, -0.2) is 9.59 Å². The number of benzene rings is 1. The van der Waals surface area contributed by atoms with Crippen molar-refractivity contribution in [2.75, 3.05) is 14.2 Å². The number of ether oxygens (including phenoxy) is 2. The summed E-state index contributed by atoms with van der Waals surface area (Å²) in [6, 6.07) is 6.93. The molecule has 0 radical (unpaired) electrons.